The lowest BCUT2D eigenvalue weighted by molar-refractivity contribution is -0.140. The van der Waals surface area contributed by atoms with Crippen LogP contribution in [0.3, 0.4) is 0 Å². The SMILES string of the molecule is CC[C@H](C)NC(=O)[C@@H](Cc1ccccc1)N(Cc1ccc(F)cc1)C(=O)CN(c1cccc(C)c1)S(=O)(=O)c1ccc(C)cc1. The molecule has 0 aromatic heterocycles. The van der Waals surface area contributed by atoms with Crippen molar-refractivity contribution in [2.75, 3.05) is 10.8 Å². The minimum absolute atomic E-state index is 0.0310. The normalized spacial score (nSPS) is 12.6. The van der Waals surface area contributed by atoms with Gasteiger partial charge in [-0.15, -0.1) is 0 Å². The molecule has 4 aromatic rings. The second-order valence-corrected chi connectivity index (χ2v) is 13.2. The van der Waals surface area contributed by atoms with E-state index in [0.717, 1.165) is 21.0 Å². The number of sulfonamides is 1. The number of aryl methyl sites for hydroxylation is 2. The van der Waals surface area contributed by atoms with Crippen molar-refractivity contribution in [2.24, 2.45) is 0 Å². The zero-order chi connectivity index (χ0) is 32.6. The number of hydrogen-bond acceptors (Lipinski definition) is 4. The number of carbonyl (C=O) groups is 2. The van der Waals surface area contributed by atoms with Crippen molar-refractivity contribution in [3.05, 3.63) is 131 Å². The Balaban J connectivity index is 1.80. The highest BCUT2D eigenvalue weighted by atomic mass is 32.2. The molecule has 0 bridgehead atoms. The van der Waals surface area contributed by atoms with Crippen LogP contribution in [-0.2, 0) is 32.6 Å². The third-order valence-electron chi connectivity index (χ3n) is 7.72. The van der Waals surface area contributed by atoms with Crippen LogP contribution < -0.4 is 9.62 Å². The largest absolute Gasteiger partial charge is 0.352 e. The molecule has 236 valence electrons. The van der Waals surface area contributed by atoms with Crippen LogP contribution in [0.15, 0.2) is 108 Å². The van der Waals surface area contributed by atoms with Crippen molar-refractivity contribution >= 4 is 27.5 Å². The minimum atomic E-state index is -4.19. The van der Waals surface area contributed by atoms with Gasteiger partial charge < -0.3 is 10.2 Å². The van der Waals surface area contributed by atoms with Crippen LogP contribution in [0.2, 0.25) is 0 Å². The summed E-state index contributed by atoms with van der Waals surface area (Å²) in [6.45, 7) is 6.96. The Hall–Kier alpha value is -4.50. The van der Waals surface area contributed by atoms with Gasteiger partial charge in [-0.2, -0.15) is 0 Å². The van der Waals surface area contributed by atoms with Crippen LogP contribution in [-0.4, -0.2) is 43.8 Å². The zero-order valence-electron chi connectivity index (χ0n) is 26.1. The molecule has 0 unspecified atom stereocenters. The first kappa shape index (κ1) is 33.4. The minimum Gasteiger partial charge on any atom is -0.352 e. The summed E-state index contributed by atoms with van der Waals surface area (Å²) in [4.78, 5) is 29.8. The van der Waals surface area contributed by atoms with E-state index in [1.807, 2.05) is 64.1 Å². The second-order valence-electron chi connectivity index (χ2n) is 11.3. The van der Waals surface area contributed by atoms with Gasteiger partial charge in [-0.1, -0.05) is 79.2 Å². The van der Waals surface area contributed by atoms with Gasteiger partial charge >= 0.3 is 0 Å². The molecule has 0 saturated heterocycles. The number of hydrogen-bond donors (Lipinski definition) is 1. The Bertz CT molecular complexity index is 1690. The Morgan fingerprint density at radius 1 is 0.822 bits per heavy atom. The van der Waals surface area contributed by atoms with Crippen molar-refractivity contribution in [1.82, 2.24) is 10.2 Å². The molecule has 0 aliphatic carbocycles. The molecule has 0 aliphatic rings. The van der Waals surface area contributed by atoms with Crippen molar-refractivity contribution in [3.8, 4) is 0 Å². The van der Waals surface area contributed by atoms with E-state index in [0.29, 0.717) is 17.7 Å². The molecule has 2 atom stereocenters. The Kier molecular flexibility index (Phi) is 11.1. The van der Waals surface area contributed by atoms with Gasteiger partial charge in [0.1, 0.15) is 18.4 Å². The average Bonchev–Trinajstić information content (AvgIpc) is 3.02. The smallest absolute Gasteiger partial charge is 0.264 e. The molecule has 0 radical (unpaired) electrons. The quantitative estimate of drug-likeness (QED) is 0.191. The molecule has 0 spiro atoms. The predicted molar refractivity (Wildman–Crippen MR) is 176 cm³/mol. The molecule has 0 saturated carbocycles. The lowest BCUT2D eigenvalue weighted by atomic mass is 10.0. The Morgan fingerprint density at radius 3 is 2.11 bits per heavy atom. The van der Waals surface area contributed by atoms with Crippen LogP contribution >= 0.6 is 0 Å². The Morgan fingerprint density at radius 2 is 1.49 bits per heavy atom. The molecule has 4 rings (SSSR count). The van der Waals surface area contributed by atoms with Gasteiger partial charge in [-0.3, -0.25) is 13.9 Å². The topological polar surface area (TPSA) is 86.8 Å². The third-order valence-corrected chi connectivity index (χ3v) is 9.50. The van der Waals surface area contributed by atoms with Gasteiger partial charge in [0, 0.05) is 19.0 Å². The highest BCUT2D eigenvalue weighted by Crippen LogP contribution is 2.26. The van der Waals surface area contributed by atoms with E-state index in [-0.39, 0.29) is 29.8 Å². The maximum Gasteiger partial charge on any atom is 0.264 e. The van der Waals surface area contributed by atoms with E-state index in [1.54, 1.807) is 42.5 Å². The molecule has 7 nitrogen and oxygen atoms in total. The monoisotopic (exact) mass is 629 g/mol. The number of halogens is 1. The molecule has 1 N–H and O–H groups in total. The number of amides is 2. The fraction of sp³-hybridized carbons (Fsp3) is 0.278. The van der Waals surface area contributed by atoms with Gasteiger partial charge in [0.05, 0.1) is 10.6 Å². The van der Waals surface area contributed by atoms with Crippen molar-refractivity contribution < 1.29 is 22.4 Å². The first-order valence-electron chi connectivity index (χ1n) is 15.0. The summed E-state index contributed by atoms with van der Waals surface area (Å²) < 4.78 is 43.2. The summed E-state index contributed by atoms with van der Waals surface area (Å²) in [5, 5.41) is 3.01. The van der Waals surface area contributed by atoms with Gasteiger partial charge in [0.15, 0.2) is 0 Å². The molecule has 0 fully saturated rings. The molecular formula is C36H40FN3O4S. The third kappa shape index (κ3) is 8.79. The lowest BCUT2D eigenvalue weighted by Crippen LogP contribution is -2.54. The van der Waals surface area contributed by atoms with E-state index in [4.69, 9.17) is 0 Å². The number of benzene rings is 4. The summed E-state index contributed by atoms with van der Waals surface area (Å²) in [6, 6.07) is 27.3. The van der Waals surface area contributed by atoms with Gasteiger partial charge in [-0.05, 0) is 80.3 Å². The van der Waals surface area contributed by atoms with E-state index in [1.165, 1.54) is 29.2 Å². The summed E-state index contributed by atoms with van der Waals surface area (Å²) in [6.07, 6.45) is 0.886. The summed E-state index contributed by atoms with van der Waals surface area (Å²) >= 11 is 0. The molecule has 0 heterocycles. The van der Waals surface area contributed by atoms with E-state index < -0.39 is 34.3 Å². The van der Waals surface area contributed by atoms with E-state index in [2.05, 4.69) is 5.32 Å². The molecule has 0 aliphatic heterocycles. The molecule has 4 aromatic carbocycles. The number of carbonyl (C=O) groups excluding carboxylic acids is 2. The first-order valence-corrected chi connectivity index (χ1v) is 16.5. The fourth-order valence-corrected chi connectivity index (χ4v) is 6.34. The highest BCUT2D eigenvalue weighted by Gasteiger charge is 2.35. The molecule has 45 heavy (non-hydrogen) atoms. The van der Waals surface area contributed by atoms with Crippen LogP contribution in [0, 0.1) is 19.7 Å². The summed E-state index contributed by atoms with van der Waals surface area (Å²) in [7, 11) is -4.19. The molecule has 2 amide bonds. The number of anilines is 1. The van der Waals surface area contributed by atoms with Gasteiger partial charge in [-0.25, -0.2) is 12.8 Å². The summed E-state index contributed by atoms with van der Waals surface area (Å²) in [5.74, 6) is -1.36. The van der Waals surface area contributed by atoms with Gasteiger partial charge in [0.25, 0.3) is 10.0 Å². The number of nitrogens with one attached hydrogen (secondary N) is 1. The summed E-state index contributed by atoms with van der Waals surface area (Å²) in [5.41, 5.74) is 3.48. The van der Waals surface area contributed by atoms with Gasteiger partial charge in [0.2, 0.25) is 11.8 Å². The number of rotatable bonds is 13. The standard InChI is InChI=1S/C36H40FN3O4S/c1-5-28(4)38-36(42)34(23-29-11-7-6-8-12-29)39(24-30-16-18-31(37)19-17-30)35(41)25-40(32-13-9-10-27(3)22-32)45(43,44)33-20-14-26(2)15-21-33/h6-22,28,34H,5,23-25H2,1-4H3,(H,38,42)/t28-,34+/m0/s1. The van der Waals surface area contributed by atoms with Crippen molar-refractivity contribution in [1.29, 1.82) is 0 Å². The van der Waals surface area contributed by atoms with Crippen molar-refractivity contribution in [3.63, 3.8) is 0 Å². The fourth-order valence-electron chi connectivity index (χ4n) is 4.93. The van der Waals surface area contributed by atoms with Crippen molar-refractivity contribution in [2.45, 2.75) is 64.1 Å². The number of nitrogens with zero attached hydrogens (tertiary/aromatic N) is 2. The Labute approximate surface area is 265 Å². The molecular weight excluding hydrogens is 589 g/mol. The highest BCUT2D eigenvalue weighted by molar-refractivity contribution is 7.92. The van der Waals surface area contributed by atoms with Crippen LogP contribution in [0.4, 0.5) is 10.1 Å². The van der Waals surface area contributed by atoms with Crippen LogP contribution in [0.25, 0.3) is 0 Å². The zero-order valence-corrected chi connectivity index (χ0v) is 26.9. The first-order chi connectivity index (χ1) is 21.5. The maximum absolute atomic E-state index is 14.5. The van der Waals surface area contributed by atoms with E-state index >= 15 is 0 Å². The predicted octanol–water partition coefficient (Wildman–Crippen LogP) is 6.19. The van der Waals surface area contributed by atoms with E-state index in [9.17, 15) is 22.4 Å². The van der Waals surface area contributed by atoms with Crippen LogP contribution in [0.1, 0.15) is 42.5 Å². The van der Waals surface area contributed by atoms with Crippen LogP contribution in [0.5, 0.6) is 0 Å². The second kappa shape index (κ2) is 15.0. The maximum atomic E-state index is 14.5. The average molecular weight is 630 g/mol. The molecule has 9 heteroatoms. The lowest BCUT2D eigenvalue weighted by Gasteiger charge is -2.34.